The number of halogens is 1. The molecule has 8 nitrogen and oxygen atoms in total. The van der Waals surface area contributed by atoms with E-state index in [1.807, 2.05) is 0 Å². The van der Waals surface area contributed by atoms with E-state index in [2.05, 4.69) is 15.6 Å². The molecule has 0 spiro atoms. The zero-order valence-corrected chi connectivity index (χ0v) is 12.2. The van der Waals surface area contributed by atoms with Gasteiger partial charge in [0.2, 0.25) is 0 Å². The summed E-state index contributed by atoms with van der Waals surface area (Å²) >= 11 is 5.63. The Labute approximate surface area is 125 Å². The van der Waals surface area contributed by atoms with Crippen LogP contribution in [0.25, 0.3) is 0 Å². The summed E-state index contributed by atoms with van der Waals surface area (Å²) in [5, 5.41) is 7.64. The third-order valence-corrected chi connectivity index (χ3v) is 3.76. The summed E-state index contributed by atoms with van der Waals surface area (Å²) in [6.45, 7) is 0. The largest absolute Gasteiger partial charge is 0.463 e. The van der Waals surface area contributed by atoms with Crippen LogP contribution in [-0.2, 0) is 20.5 Å². The highest BCUT2D eigenvalue weighted by Gasteiger charge is 2.17. The second-order valence-corrected chi connectivity index (χ2v) is 6.49. The van der Waals surface area contributed by atoms with Crippen LogP contribution in [0.3, 0.4) is 0 Å². The lowest BCUT2D eigenvalue weighted by atomic mass is 10.5. The molecule has 1 amide bonds. The summed E-state index contributed by atoms with van der Waals surface area (Å²) in [5.41, 5.74) is 2.10. The lowest BCUT2D eigenvalue weighted by molar-refractivity contribution is -0.118. The van der Waals surface area contributed by atoms with E-state index in [0.717, 1.165) is 4.68 Å². The van der Waals surface area contributed by atoms with Gasteiger partial charge in [0.25, 0.3) is 5.91 Å². The first-order valence-electron chi connectivity index (χ1n) is 5.68. The molecule has 0 unspecified atom stereocenters. The molecule has 0 aliphatic rings. The fraction of sp³-hybridized carbons (Fsp3) is 0.182. The number of rotatable bonds is 6. The number of nitrogens with zero attached hydrogens (tertiary/aromatic N) is 3. The molecular weight excluding hydrogens is 320 g/mol. The Balaban J connectivity index is 1.86. The van der Waals surface area contributed by atoms with Gasteiger partial charge in [0.1, 0.15) is 17.4 Å². The molecule has 0 aliphatic carbocycles. The van der Waals surface area contributed by atoms with E-state index in [-0.39, 0.29) is 0 Å². The van der Waals surface area contributed by atoms with Gasteiger partial charge in [-0.3, -0.25) is 9.48 Å². The van der Waals surface area contributed by atoms with E-state index in [4.69, 9.17) is 16.0 Å². The van der Waals surface area contributed by atoms with Crippen molar-refractivity contribution in [2.24, 2.45) is 5.10 Å². The summed E-state index contributed by atoms with van der Waals surface area (Å²) in [6.07, 6.45) is 5.37. The molecule has 10 heteroatoms. The Bertz CT molecular complexity index is 736. The van der Waals surface area contributed by atoms with Gasteiger partial charge in [-0.2, -0.15) is 10.2 Å². The van der Waals surface area contributed by atoms with Gasteiger partial charge in [-0.25, -0.2) is 13.8 Å². The number of amides is 1. The molecule has 0 fully saturated rings. The van der Waals surface area contributed by atoms with Crippen molar-refractivity contribution in [2.45, 2.75) is 5.88 Å². The summed E-state index contributed by atoms with van der Waals surface area (Å²) in [6, 6.07) is 3.29. The van der Waals surface area contributed by atoms with Crippen molar-refractivity contribution in [3.05, 3.63) is 41.6 Å². The Kier molecular flexibility index (Phi) is 4.76. The average molecular weight is 331 g/mol. The molecule has 2 heterocycles. The quantitative estimate of drug-likeness (QED) is 0.618. The number of hydrogen-bond acceptors (Lipinski definition) is 6. The monoisotopic (exact) mass is 330 g/mol. The number of furan rings is 1. The highest BCUT2D eigenvalue weighted by Crippen LogP contribution is 2.06. The Hall–Kier alpha value is -2.13. The molecule has 2 rings (SSSR count). The maximum absolute atomic E-state index is 11.8. The van der Waals surface area contributed by atoms with Gasteiger partial charge < -0.3 is 4.42 Å². The van der Waals surface area contributed by atoms with Gasteiger partial charge in [0.15, 0.2) is 9.84 Å². The van der Waals surface area contributed by atoms with Crippen LogP contribution in [0.15, 0.2) is 40.3 Å². The molecule has 2 aromatic heterocycles. The standard InChI is InChI=1S/C11H11ClN4O4S/c12-9-4-14-16(6-9)8-21(18,19)7-11(17)15-13-5-10-2-1-3-20-10/h1-6H,7-8H2,(H,15,17). The highest BCUT2D eigenvalue weighted by molar-refractivity contribution is 7.91. The van der Waals surface area contributed by atoms with Crippen molar-refractivity contribution in [2.75, 3.05) is 5.75 Å². The predicted molar refractivity (Wildman–Crippen MR) is 75.5 cm³/mol. The zero-order valence-electron chi connectivity index (χ0n) is 10.6. The molecule has 2 aromatic rings. The van der Waals surface area contributed by atoms with Crippen molar-refractivity contribution in [3.63, 3.8) is 0 Å². The van der Waals surface area contributed by atoms with E-state index >= 15 is 0 Å². The second kappa shape index (κ2) is 6.55. The fourth-order valence-electron chi connectivity index (χ4n) is 1.42. The van der Waals surface area contributed by atoms with Gasteiger partial charge >= 0.3 is 0 Å². The minimum absolute atomic E-state index is 0.317. The van der Waals surface area contributed by atoms with E-state index in [0.29, 0.717) is 10.8 Å². The number of hydrazone groups is 1. The topological polar surface area (TPSA) is 107 Å². The molecule has 0 saturated carbocycles. The molecule has 0 radical (unpaired) electrons. The van der Waals surface area contributed by atoms with Gasteiger partial charge in [0.05, 0.1) is 23.7 Å². The molecule has 21 heavy (non-hydrogen) atoms. The first kappa shape index (κ1) is 15.3. The molecule has 1 N–H and O–H groups in total. The van der Waals surface area contributed by atoms with Crippen LogP contribution >= 0.6 is 11.6 Å². The normalized spacial score (nSPS) is 11.9. The molecule has 112 valence electrons. The van der Waals surface area contributed by atoms with Crippen molar-refractivity contribution in [1.29, 1.82) is 0 Å². The van der Waals surface area contributed by atoms with Crippen LogP contribution < -0.4 is 5.43 Å². The first-order valence-corrected chi connectivity index (χ1v) is 7.88. The summed E-state index contributed by atoms with van der Waals surface area (Å²) < 4.78 is 29.6. The first-order chi connectivity index (χ1) is 9.94. The van der Waals surface area contributed by atoms with Gasteiger partial charge in [-0.05, 0) is 12.1 Å². The Morgan fingerprint density at radius 1 is 1.57 bits per heavy atom. The molecule has 0 bridgehead atoms. The smallest absolute Gasteiger partial charge is 0.255 e. The molecular formula is C11H11ClN4O4S. The van der Waals surface area contributed by atoms with E-state index in [1.54, 1.807) is 12.1 Å². The summed E-state index contributed by atoms with van der Waals surface area (Å²) in [5.74, 6) is -1.46. The Morgan fingerprint density at radius 2 is 2.38 bits per heavy atom. The lowest BCUT2D eigenvalue weighted by Crippen LogP contribution is -2.28. The minimum Gasteiger partial charge on any atom is -0.463 e. The minimum atomic E-state index is -3.67. The number of aromatic nitrogens is 2. The van der Waals surface area contributed by atoms with E-state index < -0.39 is 27.4 Å². The van der Waals surface area contributed by atoms with Crippen LogP contribution in [0.4, 0.5) is 0 Å². The second-order valence-electron chi connectivity index (χ2n) is 4.02. The van der Waals surface area contributed by atoms with Crippen molar-refractivity contribution >= 4 is 33.6 Å². The van der Waals surface area contributed by atoms with E-state index in [9.17, 15) is 13.2 Å². The molecule has 0 saturated heterocycles. The van der Waals surface area contributed by atoms with Crippen molar-refractivity contribution in [3.8, 4) is 0 Å². The average Bonchev–Trinajstić information content (AvgIpc) is 3.00. The highest BCUT2D eigenvalue weighted by atomic mass is 35.5. The van der Waals surface area contributed by atoms with Crippen LogP contribution in [0, 0.1) is 0 Å². The SMILES string of the molecule is O=C(CS(=O)(=O)Cn1cc(Cl)cn1)NN=Cc1ccco1. The van der Waals surface area contributed by atoms with Crippen molar-refractivity contribution < 1.29 is 17.6 Å². The maximum Gasteiger partial charge on any atom is 0.255 e. The zero-order chi connectivity index (χ0) is 15.3. The molecule has 0 aliphatic heterocycles. The fourth-order valence-corrected chi connectivity index (χ4v) is 2.68. The summed E-state index contributed by atoms with van der Waals surface area (Å²) in [7, 11) is -3.67. The lowest BCUT2D eigenvalue weighted by Gasteiger charge is -2.03. The van der Waals surface area contributed by atoms with Gasteiger partial charge in [-0.15, -0.1) is 0 Å². The third-order valence-electron chi connectivity index (χ3n) is 2.21. The number of sulfone groups is 1. The van der Waals surface area contributed by atoms with Crippen LogP contribution in [-0.4, -0.2) is 36.1 Å². The van der Waals surface area contributed by atoms with Gasteiger partial charge in [-0.1, -0.05) is 11.6 Å². The summed E-state index contributed by atoms with van der Waals surface area (Å²) in [4.78, 5) is 11.5. The number of carbonyl (C=O) groups excluding carboxylic acids is 1. The van der Waals surface area contributed by atoms with Gasteiger partial charge in [0, 0.05) is 6.20 Å². The number of hydrogen-bond donors (Lipinski definition) is 1. The number of carbonyl (C=O) groups is 1. The molecule has 0 atom stereocenters. The van der Waals surface area contributed by atoms with Crippen LogP contribution in [0.5, 0.6) is 0 Å². The number of nitrogens with one attached hydrogen (secondary N) is 1. The maximum atomic E-state index is 11.8. The third kappa shape index (κ3) is 5.04. The Morgan fingerprint density at radius 3 is 3.00 bits per heavy atom. The van der Waals surface area contributed by atoms with Crippen LogP contribution in [0.1, 0.15) is 5.76 Å². The van der Waals surface area contributed by atoms with E-state index in [1.165, 1.54) is 24.9 Å². The van der Waals surface area contributed by atoms with Crippen LogP contribution in [0.2, 0.25) is 5.02 Å². The predicted octanol–water partition coefficient (Wildman–Crippen LogP) is 0.652. The van der Waals surface area contributed by atoms with Crippen molar-refractivity contribution in [1.82, 2.24) is 15.2 Å². The molecule has 0 aromatic carbocycles.